The highest BCUT2D eigenvalue weighted by molar-refractivity contribution is 6.23. The summed E-state index contributed by atoms with van der Waals surface area (Å²) in [6, 6.07) is 1.32. The molecule has 2 aliphatic heterocycles. The number of pyridine rings is 1. The Morgan fingerprint density at radius 2 is 1.83 bits per heavy atom. The largest absolute Gasteiger partial charge is 0.433 e. The normalized spacial score (nSPS) is 20.5. The molecular formula is C14H16ClF3N4O2. The van der Waals surface area contributed by atoms with Gasteiger partial charge in [-0.2, -0.15) is 13.2 Å². The second-order valence-electron chi connectivity index (χ2n) is 5.66. The van der Waals surface area contributed by atoms with Crippen molar-refractivity contribution in [3.63, 3.8) is 0 Å². The Labute approximate surface area is 142 Å². The van der Waals surface area contributed by atoms with Crippen LogP contribution in [0.4, 0.5) is 23.7 Å². The first-order valence-electron chi connectivity index (χ1n) is 7.14. The number of urea groups is 1. The van der Waals surface area contributed by atoms with Crippen LogP contribution in [0.5, 0.6) is 0 Å². The van der Waals surface area contributed by atoms with Crippen molar-refractivity contribution in [2.24, 2.45) is 0 Å². The van der Waals surface area contributed by atoms with Gasteiger partial charge in [-0.05, 0) is 38.1 Å². The van der Waals surface area contributed by atoms with Crippen LogP contribution in [0.15, 0.2) is 18.3 Å². The number of nitrogens with one attached hydrogen (secondary N) is 1. The smallest absolute Gasteiger partial charge is 0.317 e. The molecule has 0 saturated carbocycles. The van der Waals surface area contributed by atoms with E-state index in [-0.39, 0.29) is 18.1 Å². The number of aromatic nitrogens is 1. The van der Waals surface area contributed by atoms with E-state index in [4.69, 9.17) is 0 Å². The van der Waals surface area contributed by atoms with Gasteiger partial charge in [-0.25, -0.2) is 14.7 Å². The predicted octanol–water partition coefficient (Wildman–Crippen LogP) is 2.04. The molecule has 0 atom stereocenters. The number of rotatable bonds is 1. The molecular weight excluding hydrogens is 349 g/mol. The maximum absolute atomic E-state index is 12.8. The van der Waals surface area contributed by atoms with Crippen molar-refractivity contribution < 1.29 is 22.8 Å². The van der Waals surface area contributed by atoms with Crippen LogP contribution >= 0.6 is 12.4 Å². The Hall–Kier alpha value is -1.87. The fourth-order valence-corrected chi connectivity index (χ4v) is 3.07. The molecule has 2 saturated heterocycles. The average molecular weight is 365 g/mol. The molecule has 0 bridgehead atoms. The lowest BCUT2D eigenvalue weighted by molar-refractivity contribution is -0.141. The van der Waals surface area contributed by atoms with Gasteiger partial charge in [0.05, 0.1) is 11.9 Å². The van der Waals surface area contributed by atoms with E-state index in [1.54, 1.807) is 7.05 Å². The van der Waals surface area contributed by atoms with Gasteiger partial charge in [0, 0.05) is 7.05 Å². The molecule has 1 spiro atoms. The lowest BCUT2D eigenvalue weighted by Crippen LogP contribution is -2.54. The van der Waals surface area contributed by atoms with E-state index in [2.05, 4.69) is 10.3 Å². The summed E-state index contributed by atoms with van der Waals surface area (Å²) >= 11 is 0. The van der Waals surface area contributed by atoms with E-state index in [0.717, 1.165) is 23.2 Å². The summed E-state index contributed by atoms with van der Waals surface area (Å²) in [5, 5.41) is 3.12. The van der Waals surface area contributed by atoms with Crippen LogP contribution in [0.2, 0.25) is 0 Å². The number of piperidine rings is 1. The lowest BCUT2D eigenvalue weighted by Gasteiger charge is -2.36. The number of nitrogens with zero attached hydrogens (tertiary/aromatic N) is 3. The summed E-state index contributed by atoms with van der Waals surface area (Å²) in [6.07, 6.45) is -2.71. The van der Waals surface area contributed by atoms with Crippen LogP contribution < -0.4 is 10.2 Å². The Morgan fingerprint density at radius 3 is 2.33 bits per heavy atom. The molecule has 0 aromatic carbocycles. The zero-order valence-corrected chi connectivity index (χ0v) is 13.6. The molecule has 3 amide bonds. The quantitative estimate of drug-likeness (QED) is 0.774. The SMILES string of the molecule is CN1C(=O)N(c2ccc(C(F)(F)F)nc2)C(=O)C12CCNCC2.Cl. The van der Waals surface area contributed by atoms with Crippen LogP contribution in [-0.4, -0.2) is 47.5 Å². The zero-order chi connectivity index (χ0) is 16.8. The van der Waals surface area contributed by atoms with Crippen molar-refractivity contribution in [1.82, 2.24) is 15.2 Å². The number of carbonyl (C=O) groups is 2. The van der Waals surface area contributed by atoms with Gasteiger partial charge in [-0.15, -0.1) is 12.4 Å². The number of imide groups is 1. The van der Waals surface area contributed by atoms with E-state index < -0.39 is 29.3 Å². The zero-order valence-electron chi connectivity index (χ0n) is 12.8. The second-order valence-corrected chi connectivity index (χ2v) is 5.66. The highest BCUT2D eigenvalue weighted by Crippen LogP contribution is 2.37. The van der Waals surface area contributed by atoms with Gasteiger partial charge < -0.3 is 10.2 Å². The average Bonchev–Trinajstić information content (AvgIpc) is 2.70. The minimum absolute atomic E-state index is 0. The van der Waals surface area contributed by atoms with E-state index in [1.165, 1.54) is 4.90 Å². The van der Waals surface area contributed by atoms with Crippen LogP contribution in [0.25, 0.3) is 0 Å². The van der Waals surface area contributed by atoms with Crippen molar-refractivity contribution in [3.05, 3.63) is 24.0 Å². The fraction of sp³-hybridized carbons (Fsp3) is 0.500. The van der Waals surface area contributed by atoms with Gasteiger partial charge in [-0.3, -0.25) is 4.79 Å². The number of carbonyl (C=O) groups excluding carboxylic acids is 2. The molecule has 3 heterocycles. The fourth-order valence-electron chi connectivity index (χ4n) is 3.07. The highest BCUT2D eigenvalue weighted by atomic mass is 35.5. The van der Waals surface area contributed by atoms with E-state index >= 15 is 0 Å². The van der Waals surface area contributed by atoms with Crippen LogP contribution in [0.1, 0.15) is 18.5 Å². The highest BCUT2D eigenvalue weighted by Gasteiger charge is 2.56. The van der Waals surface area contributed by atoms with E-state index in [1.807, 2.05) is 0 Å². The van der Waals surface area contributed by atoms with Crippen molar-refractivity contribution in [3.8, 4) is 0 Å². The van der Waals surface area contributed by atoms with Crippen LogP contribution in [0, 0.1) is 0 Å². The minimum Gasteiger partial charge on any atom is -0.317 e. The standard InChI is InChI=1S/C14H15F3N4O2.ClH/c1-20-12(23)21(11(22)13(20)4-6-18-7-5-13)9-2-3-10(19-8-9)14(15,16)17;/h2-3,8,18H,4-7H2,1H3;1H. The predicted molar refractivity (Wildman–Crippen MR) is 82.0 cm³/mol. The minimum atomic E-state index is -4.56. The summed E-state index contributed by atoms with van der Waals surface area (Å²) in [7, 11) is 1.54. The van der Waals surface area contributed by atoms with Gasteiger partial charge in [-0.1, -0.05) is 0 Å². The topological polar surface area (TPSA) is 65.5 Å². The van der Waals surface area contributed by atoms with E-state index in [0.29, 0.717) is 25.9 Å². The number of amides is 3. The number of hydrogen-bond acceptors (Lipinski definition) is 4. The molecule has 1 aromatic heterocycles. The summed E-state index contributed by atoms with van der Waals surface area (Å²) in [6.45, 7) is 1.20. The van der Waals surface area contributed by atoms with Gasteiger partial charge in [0.2, 0.25) is 0 Å². The maximum Gasteiger partial charge on any atom is 0.433 e. The summed E-state index contributed by atoms with van der Waals surface area (Å²) in [4.78, 5) is 30.8. The Balaban J connectivity index is 0.00000208. The molecule has 2 fully saturated rings. The molecule has 132 valence electrons. The van der Waals surface area contributed by atoms with Crippen molar-refractivity contribution >= 4 is 30.0 Å². The third kappa shape index (κ3) is 2.71. The summed E-state index contributed by atoms with van der Waals surface area (Å²) in [5.41, 5.74) is -1.94. The first-order valence-corrected chi connectivity index (χ1v) is 7.14. The maximum atomic E-state index is 12.8. The third-order valence-electron chi connectivity index (χ3n) is 4.45. The van der Waals surface area contributed by atoms with Crippen LogP contribution in [-0.2, 0) is 11.0 Å². The number of likely N-dealkylation sites (N-methyl/N-ethyl adjacent to an activating group) is 1. The molecule has 0 aliphatic carbocycles. The van der Waals surface area contributed by atoms with Crippen molar-refractivity contribution in [1.29, 1.82) is 0 Å². The molecule has 6 nitrogen and oxygen atoms in total. The van der Waals surface area contributed by atoms with Gasteiger partial charge in [0.15, 0.2) is 0 Å². The number of anilines is 1. The Kier molecular flexibility index (Phi) is 4.78. The summed E-state index contributed by atoms with van der Waals surface area (Å²) < 4.78 is 37.7. The van der Waals surface area contributed by atoms with Crippen molar-refractivity contribution in [2.45, 2.75) is 24.6 Å². The first-order chi connectivity index (χ1) is 10.8. The molecule has 3 rings (SSSR count). The van der Waals surface area contributed by atoms with Gasteiger partial charge in [0.1, 0.15) is 11.2 Å². The molecule has 2 aliphatic rings. The Morgan fingerprint density at radius 1 is 1.21 bits per heavy atom. The Bertz CT molecular complexity index is 644. The molecule has 1 N–H and O–H groups in total. The second kappa shape index (κ2) is 6.21. The molecule has 24 heavy (non-hydrogen) atoms. The van der Waals surface area contributed by atoms with Gasteiger partial charge in [0.25, 0.3) is 5.91 Å². The molecule has 10 heteroatoms. The molecule has 1 aromatic rings. The number of hydrogen-bond donors (Lipinski definition) is 1. The molecule has 0 unspecified atom stereocenters. The van der Waals surface area contributed by atoms with Crippen LogP contribution in [0.3, 0.4) is 0 Å². The summed E-state index contributed by atoms with van der Waals surface area (Å²) in [5.74, 6) is -0.409. The third-order valence-corrected chi connectivity index (χ3v) is 4.45. The molecule has 0 radical (unpaired) electrons. The monoisotopic (exact) mass is 364 g/mol. The number of halogens is 4. The van der Waals surface area contributed by atoms with Crippen molar-refractivity contribution in [2.75, 3.05) is 25.0 Å². The lowest BCUT2D eigenvalue weighted by atomic mass is 9.87. The first kappa shape index (κ1) is 18.5. The van der Waals surface area contributed by atoms with E-state index in [9.17, 15) is 22.8 Å². The van der Waals surface area contributed by atoms with Gasteiger partial charge >= 0.3 is 12.2 Å². The number of alkyl halides is 3.